The van der Waals surface area contributed by atoms with Gasteiger partial charge in [-0.25, -0.2) is 0 Å². The molecule has 1 heterocycles. The highest BCUT2D eigenvalue weighted by atomic mass is 32.2. The van der Waals surface area contributed by atoms with Crippen LogP contribution in [0.25, 0.3) is 0 Å². The number of thioether (sulfide) groups is 1. The minimum absolute atomic E-state index is 0.421. The van der Waals surface area contributed by atoms with Crippen LogP contribution in [0.4, 0.5) is 0 Å². The second-order valence-corrected chi connectivity index (χ2v) is 4.14. The van der Waals surface area contributed by atoms with Crippen LogP contribution in [0.2, 0.25) is 0 Å². The third-order valence-corrected chi connectivity index (χ3v) is 3.01. The van der Waals surface area contributed by atoms with Gasteiger partial charge in [0.05, 0.1) is 13.2 Å². The van der Waals surface area contributed by atoms with E-state index in [9.17, 15) is 5.11 Å². The minimum Gasteiger partial charge on any atom is -0.380 e. The van der Waals surface area contributed by atoms with Crippen molar-refractivity contribution in [2.75, 3.05) is 19.5 Å². The Kier molecular flexibility index (Phi) is 2.32. The molecule has 0 radical (unpaired) electrons. The number of rotatable bonds is 2. The fourth-order valence-electron chi connectivity index (χ4n) is 1.37. The molecule has 70 valence electrons. The van der Waals surface area contributed by atoms with E-state index >= 15 is 0 Å². The predicted octanol–water partition coefficient (Wildman–Crippen LogP) is 1.63. The molecule has 2 nitrogen and oxygen atoms in total. The fraction of sp³-hybridized carbons (Fsp3) is 0.400. The fourth-order valence-corrected chi connectivity index (χ4v) is 1.83. The van der Waals surface area contributed by atoms with Gasteiger partial charge < -0.3 is 9.84 Å². The molecule has 0 atom stereocenters. The summed E-state index contributed by atoms with van der Waals surface area (Å²) in [6, 6.07) is 7.98. The zero-order valence-corrected chi connectivity index (χ0v) is 8.30. The normalized spacial score (nSPS) is 19.5. The summed E-state index contributed by atoms with van der Waals surface area (Å²) in [4.78, 5) is 1.18. The maximum Gasteiger partial charge on any atom is 0.136 e. The average Bonchev–Trinajstić information content (AvgIpc) is 2.14. The lowest BCUT2D eigenvalue weighted by Gasteiger charge is -2.36. The summed E-state index contributed by atoms with van der Waals surface area (Å²) in [5, 5.41) is 9.97. The first-order chi connectivity index (χ1) is 6.24. The molecule has 3 heteroatoms. The molecule has 13 heavy (non-hydrogen) atoms. The Balaban J connectivity index is 2.29. The molecule has 1 fully saturated rings. The Bertz CT molecular complexity index is 308. The van der Waals surface area contributed by atoms with E-state index in [2.05, 4.69) is 0 Å². The summed E-state index contributed by atoms with van der Waals surface area (Å²) in [6.45, 7) is 0.843. The zero-order chi connectivity index (χ0) is 9.31. The first-order valence-electron chi connectivity index (χ1n) is 4.19. The van der Waals surface area contributed by atoms with Crippen molar-refractivity contribution in [2.45, 2.75) is 10.5 Å². The summed E-state index contributed by atoms with van der Waals surface area (Å²) in [7, 11) is 0. The van der Waals surface area contributed by atoms with E-state index in [1.807, 2.05) is 30.5 Å². The van der Waals surface area contributed by atoms with Crippen molar-refractivity contribution in [3.05, 3.63) is 29.8 Å². The van der Waals surface area contributed by atoms with Gasteiger partial charge in [-0.1, -0.05) is 12.1 Å². The van der Waals surface area contributed by atoms with Crippen molar-refractivity contribution < 1.29 is 9.84 Å². The molecular weight excluding hydrogens is 184 g/mol. The third-order valence-electron chi connectivity index (χ3n) is 2.29. The van der Waals surface area contributed by atoms with Crippen LogP contribution in [0.1, 0.15) is 5.56 Å². The Hall–Kier alpha value is -0.510. The van der Waals surface area contributed by atoms with Crippen LogP contribution in [0.3, 0.4) is 0 Å². The highest BCUT2D eigenvalue weighted by molar-refractivity contribution is 7.98. The highest BCUT2D eigenvalue weighted by Gasteiger charge is 2.37. The molecule has 0 bridgehead atoms. The molecule has 1 aromatic carbocycles. The van der Waals surface area contributed by atoms with Crippen LogP contribution in [-0.4, -0.2) is 24.6 Å². The van der Waals surface area contributed by atoms with E-state index in [-0.39, 0.29) is 0 Å². The van der Waals surface area contributed by atoms with Crippen LogP contribution in [-0.2, 0) is 10.3 Å². The van der Waals surface area contributed by atoms with Crippen molar-refractivity contribution in [2.24, 2.45) is 0 Å². The Morgan fingerprint density at radius 1 is 1.46 bits per heavy atom. The van der Waals surface area contributed by atoms with E-state index in [1.165, 1.54) is 4.90 Å². The lowest BCUT2D eigenvalue weighted by molar-refractivity contribution is -0.184. The van der Waals surface area contributed by atoms with Crippen LogP contribution >= 0.6 is 11.8 Å². The maximum atomic E-state index is 9.97. The molecule has 2 rings (SSSR count). The summed E-state index contributed by atoms with van der Waals surface area (Å²) >= 11 is 1.68. The highest BCUT2D eigenvalue weighted by Crippen LogP contribution is 2.31. The molecule has 1 saturated heterocycles. The summed E-state index contributed by atoms with van der Waals surface area (Å²) in [5.41, 5.74) is 0.233. The van der Waals surface area contributed by atoms with Crippen LogP contribution in [0, 0.1) is 0 Å². The Morgan fingerprint density at radius 2 is 2.23 bits per heavy atom. The predicted molar refractivity (Wildman–Crippen MR) is 52.9 cm³/mol. The minimum atomic E-state index is -0.730. The van der Waals surface area contributed by atoms with Crippen molar-refractivity contribution in [1.82, 2.24) is 0 Å². The number of ether oxygens (including phenoxy) is 1. The van der Waals surface area contributed by atoms with Gasteiger partial charge in [0, 0.05) is 4.90 Å². The van der Waals surface area contributed by atoms with E-state index < -0.39 is 5.60 Å². The topological polar surface area (TPSA) is 29.5 Å². The van der Waals surface area contributed by atoms with Gasteiger partial charge in [-0.15, -0.1) is 11.8 Å². The molecule has 1 aliphatic rings. The molecule has 0 spiro atoms. The van der Waals surface area contributed by atoms with E-state index in [0.29, 0.717) is 13.2 Å². The molecule has 0 unspecified atom stereocenters. The van der Waals surface area contributed by atoms with Gasteiger partial charge in [-0.2, -0.15) is 0 Å². The SMILES string of the molecule is CSc1cccc(C2(O)COC2)c1. The van der Waals surface area contributed by atoms with Crippen molar-refractivity contribution in [1.29, 1.82) is 0 Å². The monoisotopic (exact) mass is 196 g/mol. The van der Waals surface area contributed by atoms with Gasteiger partial charge in [0.25, 0.3) is 0 Å². The standard InChI is InChI=1S/C10H12O2S/c1-13-9-4-2-3-8(5-9)10(11)6-12-7-10/h2-5,11H,6-7H2,1H3. The lowest BCUT2D eigenvalue weighted by Crippen LogP contribution is -2.46. The van der Waals surface area contributed by atoms with Gasteiger partial charge >= 0.3 is 0 Å². The van der Waals surface area contributed by atoms with E-state index in [0.717, 1.165) is 5.56 Å². The smallest absolute Gasteiger partial charge is 0.136 e. The lowest BCUT2D eigenvalue weighted by atomic mass is 9.92. The van der Waals surface area contributed by atoms with E-state index in [1.54, 1.807) is 11.8 Å². The Labute approximate surface area is 81.9 Å². The number of hydrogen-bond acceptors (Lipinski definition) is 3. The first kappa shape index (κ1) is 9.06. The van der Waals surface area contributed by atoms with Crippen LogP contribution < -0.4 is 0 Å². The number of benzene rings is 1. The zero-order valence-electron chi connectivity index (χ0n) is 7.49. The van der Waals surface area contributed by atoms with Gasteiger partial charge in [-0.05, 0) is 24.0 Å². The molecule has 0 amide bonds. The van der Waals surface area contributed by atoms with Gasteiger partial charge in [0.2, 0.25) is 0 Å². The van der Waals surface area contributed by atoms with Gasteiger partial charge in [0.15, 0.2) is 0 Å². The molecule has 0 aliphatic carbocycles. The Morgan fingerprint density at radius 3 is 2.77 bits per heavy atom. The van der Waals surface area contributed by atoms with Crippen LogP contribution in [0.15, 0.2) is 29.2 Å². The van der Waals surface area contributed by atoms with Crippen molar-refractivity contribution in [3.8, 4) is 0 Å². The number of aliphatic hydroxyl groups is 1. The third kappa shape index (κ3) is 1.59. The van der Waals surface area contributed by atoms with Crippen molar-refractivity contribution in [3.63, 3.8) is 0 Å². The van der Waals surface area contributed by atoms with E-state index in [4.69, 9.17) is 4.74 Å². The summed E-state index contributed by atoms with van der Waals surface area (Å²) in [6.07, 6.45) is 2.03. The summed E-state index contributed by atoms with van der Waals surface area (Å²) < 4.78 is 5.01. The maximum absolute atomic E-state index is 9.97. The molecule has 1 aromatic rings. The number of hydrogen-bond donors (Lipinski definition) is 1. The molecule has 0 saturated carbocycles. The van der Waals surface area contributed by atoms with Gasteiger partial charge in [0.1, 0.15) is 5.60 Å². The largest absolute Gasteiger partial charge is 0.380 e. The van der Waals surface area contributed by atoms with Crippen LogP contribution in [0.5, 0.6) is 0 Å². The molecule has 0 aromatic heterocycles. The second kappa shape index (κ2) is 3.33. The quantitative estimate of drug-likeness (QED) is 0.729. The average molecular weight is 196 g/mol. The second-order valence-electron chi connectivity index (χ2n) is 3.26. The molecular formula is C10H12O2S. The molecule has 1 N–H and O–H groups in total. The summed E-state index contributed by atoms with van der Waals surface area (Å²) in [5.74, 6) is 0. The van der Waals surface area contributed by atoms with Crippen molar-refractivity contribution >= 4 is 11.8 Å². The van der Waals surface area contributed by atoms with Gasteiger partial charge in [-0.3, -0.25) is 0 Å². The molecule has 1 aliphatic heterocycles. The first-order valence-corrected chi connectivity index (χ1v) is 5.42.